The molecule has 0 aliphatic heterocycles. The van der Waals surface area contributed by atoms with Crippen LogP contribution in [0.1, 0.15) is 27.3 Å². The first-order valence-corrected chi connectivity index (χ1v) is 6.78. The maximum Gasteiger partial charge on any atom is 0.432 e. The zero-order chi connectivity index (χ0) is 14.0. The number of rotatable bonds is 3. The molecule has 0 unspecified atom stereocenters. The van der Waals surface area contributed by atoms with Gasteiger partial charge in [-0.2, -0.15) is 13.2 Å². The Kier molecular flexibility index (Phi) is 3.85. The summed E-state index contributed by atoms with van der Waals surface area (Å²) in [6.45, 7) is 1.57. The van der Waals surface area contributed by atoms with E-state index in [1.54, 1.807) is 6.92 Å². The zero-order valence-electron chi connectivity index (χ0n) is 9.47. The number of thiazole rings is 2. The molecule has 0 aromatic carbocycles. The molecule has 0 N–H and O–H groups in total. The first-order valence-electron chi connectivity index (χ1n) is 4.96. The molecule has 102 valence electrons. The Morgan fingerprint density at radius 3 is 2.63 bits per heavy atom. The van der Waals surface area contributed by atoms with Crippen molar-refractivity contribution in [2.75, 3.05) is 0 Å². The van der Waals surface area contributed by atoms with Crippen molar-refractivity contribution in [2.24, 2.45) is 0 Å². The van der Waals surface area contributed by atoms with Crippen LogP contribution in [0.25, 0.3) is 0 Å². The summed E-state index contributed by atoms with van der Waals surface area (Å²) in [6, 6.07) is 0. The summed E-state index contributed by atoms with van der Waals surface area (Å²) >= 11 is 1.89. The van der Waals surface area contributed by atoms with Crippen molar-refractivity contribution in [3.63, 3.8) is 0 Å². The Morgan fingerprint density at radius 2 is 2.16 bits per heavy atom. The number of nitrogens with zero attached hydrogens (tertiary/aromatic N) is 2. The first-order chi connectivity index (χ1) is 8.88. The van der Waals surface area contributed by atoms with E-state index in [9.17, 15) is 18.0 Å². The van der Waals surface area contributed by atoms with Gasteiger partial charge in [-0.3, -0.25) is 0 Å². The monoisotopic (exact) mass is 308 g/mol. The van der Waals surface area contributed by atoms with Crippen LogP contribution in [0, 0.1) is 6.92 Å². The molecule has 19 heavy (non-hydrogen) atoms. The maximum atomic E-state index is 12.9. The van der Waals surface area contributed by atoms with Crippen molar-refractivity contribution in [3.05, 3.63) is 32.7 Å². The lowest BCUT2D eigenvalue weighted by Crippen LogP contribution is -2.26. The minimum atomic E-state index is -4.71. The van der Waals surface area contributed by atoms with E-state index in [1.165, 1.54) is 16.3 Å². The number of carbonyl (C=O) groups excluding carboxylic acids is 1. The van der Waals surface area contributed by atoms with Crippen LogP contribution in [-0.4, -0.2) is 22.1 Å². The van der Waals surface area contributed by atoms with E-state index in [0.717, 1.165) is 22.7 Å². The van der Waals surface area contributed by atoms with E-state index in [4.69, 9.17) is 0 Å². The van der Waals surface area contributed by atoms with Crippen LogP contribution in [0.5, 0.6) is 0 Å². The lowest BCUT2D eigenvalue weighted by Gasteiger charge is -2.17. The molecule has 4 nitrogen and oxygen atoms in total. The van der Waals surface area contributed by atoms with Crippen molar-refractivity contribution in [1.29, 1.82) is 0 Å². The fraction of sp³-hybridized carbons (Fsp3) is 0.300. The van der Waals surface area contributed by atoms with E-state index < -0.39 is 18.2 Å². The van der Waals surface area contributed by atoms with Crippen molar-refractivity contribution in [1.82, 2.24) is 9.97 Å². The van der Waals surface area contributed by atoms with E-state index >= 15 is 0 Å². The Hall–Kier alpha value is -1.48. The van der Waals surface area contributed by atoms with Crippen molar-refractivity contribution in [2.45, 2.75) is 19.2 Å². The summed E-state index contributed by atoms with van der Waals surface area (Å²) < 4.78 is 43.2. The van der Waals surface area contributed by atoms with E-state index in [1.807, 2.05) is 0 Å². The summed E-state index contributed by atoms with van der Waals surface area (Å²) in [6.07, 6.45) is -7.07. The van der Waals surface area contributed by atoms with Gasteiger partial charge in [-0.1, -0.05) is 0 Å². The first kappa shape index (κ1) is 13.9. The third-order valence-corrected chi connectivity index (χ3v) is 3.62. The van der Waals surface area contributed by atoms with Crippen LogP contribution in [0.15, 0.2) is 16.3 Å². The molecule has 0 saturated carbocycles. The number of aryl methyl sites for hydroxylation is 1. The number of aromatic nitrogens is 2. The van der Waals surface area contributed by atoms with Crippen LogP contribution in [0.3, 0.4) is 0 Å². The van der Waals surface area contributed by atoms with Gasteiger partial charge in [0.05, 0.1) is 5.51 Å². The van der Waals surface area contributed by atoms with Gasteiger partial charge in [-0.15, -0.1) is 22.7 Å². The van der Waals surface area contributed by atoms with E-state index in [0.29, 0.717) is 5.69 Å². The van der Waals surface area contributed by atoms with Gasteiger partial charge in [-0.05, 0) is 6.92 Å². The van der Waals surface area contributed by atoms with Crippen molar-refractivity contribution < 1.29 is 22.7 Å². The lowest BCUT2D eigenvalue weighted by atomic mass is 10.3. The van der Waals surface area contributed by atoms with Crippen LogP contribution < -0.4 is 0 Å². The Morgan fingerprint density at radius 1 is 1.42 bits per heavy atom. The number of halogens is 3. The van der Waals surface area contributed by atoms with Crippen molar-refractivity contribution >= 4 is 28.6 Å². The summed E-state index contributed by atoms with van der Waals surface area (Å²) in [4.78, 5) is 18.9. The van der Waals surface area contributed by atoms with E-state index in [2.05, 4.69) is 14.7 Å². The number of hydrogen-bond donors (Lipinski definition) is 0. The van der Waals surface area contributed by atoms with Gasteiger partial charge in [0.1, 0.15) is 5.01 Å². The van der Waals surface area contributed by atoms with Gasteiger partial charge in [-0.25, -0.2) is 14.8 Å². The quantitative estimate of drug-likeness (QED) is 0.816. The van der Waals surface area contributed by atoms with Gasteiger partial charge in [0.15, 0.2) is 5.69 Å². The lowest BCUT2D eigenvalue weighted by molar-refractivity contribution is -0.207. The SMILES string of the molecule is Cc1csc([C@H](OC(=O)c2cscn2)C(F)(F)F)n1. The minimum absolute atomic E-state index is 0.146. The van der Waals surface area contributed by atoms with Gasteiger partial charge in [0.25, 0.3) is 0 Å². The topological polar surface area (TPSA) is 52.1 Å². The fourth-order valence-corrected chi connectivity index (χ4v) is 2.60. The highest BCUT2D eigenvalue weighted by Crippen LogP contribution is 2.37. The van der Waals surface area contributed by atoms with Gasteiger partial charge < -0.3 is 4.74 Å². The zero-order valence-corrected chi connectivity index (χ0v) is 11.1. The largest absolute Gasteiger partial charge is 0.440 e. The van der Waals surface area contributed by atoms with Crippen LogP contribution in [-0.2, 0) is 4.74 Å². The maximum absolute atomic E-state index is 12.9. The molecule has 0 aliphatic carbocycles. The molecule has 2 rings (SSSR count). The normalized spacial score (nSPS) is 13.3. The van der Waals surface area contributed by atoms with Crippen LogP contribution in [0.4, 0.5) is 13.2 Å². The Labute approximate surface area is 113 Å². The number of esters is 1. The molecular formula is C10H7F3N2O2S2. The molecule has 0 aliphatic rings. The molecule has 2 aromatic rings. The molecule has 0 spiro atoms. The molecule has 0 amide bonds. The second-order valence-electron chi connectivity index (χ2n) is 3.53. The molecule has 2 heterocycles. The molecule has 1 atom stereocenters. The van der Waals surface area contributed by atoms with Gasteiger partial charge >= 0.3 is 12.1 Å². The smallest absolute Gasteiger partial charge is 0.432 e. The van der Waals surface area contributed by atoms with E-state index in [-0.39, 0.29) is 10.7 Å². The molecule has 2 aromatic heterocycles. The molecule has 0 fully saturated rings. The minimum Gasteiger partial charge on any atom is -0.440 e. The average molecular weight is 308 g/mol. The summed E-state index contributed by atoms with van der Waals surface area (Å²) in [5.74, 6) is -1.11. The number of ether oxygens (including phenoxy) is 1. The standard InChI is InChI=1S/C10H7F3N2O2S2/c1-5-2-19-8(15-5)7(10(11,12)13)17-9(16)6-3-18-4-14-6/h2-4,7H,1H3/t7-/m0/s1. The third-order valence-electron chi connectivity index (χ3n) is 2.02. The molecular weight excluding hydrogens is 301 g/mol. The molecule has 0 saturated heterocycles. The van der Waals surface area contributed by atoms with Crippen LogP contribution in [0.2, 0.25) is 0 Å². The number of carbonyl (C=O) groups is 1. The molecule has 0 radical (unpaired) electrons. The number of alkyl halides is 3. The molecule has 9 heteroatoms. The van der Waals surface area contributed by atoms with Gasteiger partial charge in [0, 0.05) is 16.5 Å². The Bertz CT molecular complexity index is 566. The van der Waals surface area contributed by atoms with Crippen molar-refractivity contribution in [3.8, 4) is 0 Å². The predicted octanol–water partition coefficient (Wildman–Crippen LogP) is 3.37. The Balaban J connectivity index is 2.23. The highest BCUT2D eigenvalue weighted by molar-refractivity contribution is 7.09. The average Bonchev–Trinajstić information content (AvgIpc) is 2.94. The highest BCUT2D eigenvalue weighted by Gasteiger charge is 2.46. The van der Waals surface area contributed by atoms with Gasteiger partial charge in [0.2, 0.25) is 6.10 Å². The highest BCUT2D eigenvalue weighted by atomic mass is 32.1. The summed E-state index contributed by atoms with van der Waals surface area (Å²) in [5.41, 5.74) is 1.64. The second-order valence-corrected chi connectivity index (χ2v) is 5.14. The fourth-order valence-electron chi connectivity index (χ4n) is 1.23. The third kappa shape index (κ3) is 3.29. The predicted molar refractivity (Wildman–Crippen MR) is 63.2 cm³/mol. The number of hydrogen-bond acceptors (Lipinski definition) is 6. The summed E-state index contributed by atoms with van der Waals surface area (Å²) in [5, 5.41) is 2.49. The second kappa shape index (κ2) is 5.25. The summed E-state index contributed by atoms with van der Waals surface area (Å²) in [7, 11) is 0. The molecule has 0 bridgehead atoms. The van der Waals surface area contributed by atoms with Crippen LogP contribution >= 0.6 is 22.7 Å².